The predicted octanol–water partition coefficient (Wildman–Crippen LogP) is 12.2. The van der Waals surface area contributed by atoms with Crippen molar-refractivity contribution in [1.82, 2.24) is 9.97 Å². The van der Waals surface area contributed by atoms with E-state index in [1.807, 2.05) is 19.1 Å². The van der Waals surface area contributed by atoms with Gasteiger partial charge in [0.25, 0.3) is 0 Å². The molecule has 0 unspecified atom stereocenters. The lowest BCUT2D eigenvalue weighted by Crippen LogP contribution is -1.92. The monoisotopic (exact) mass is 614 g/mol. The topological polar surface area (TPSA) is 38.9 Å². The number of benzene rings is 7. The molecule has 0 atom stereocenters. The Morgan fingerprint density at radius 3 is 1.96 bits per heavy atom. The van der Waals surface area contributed by atoms with Crippen molar-refractivity contribution in [3.8, 4) is 55.9 Å². The van der Waals surface area contributed by atoms with Gasteiger partial charge in [-0.1, -0.05) is 140 Å². The Bertz CT molecular complexity index is 2620. The van der Waals surface area contributed by atoms with Gasteiger partial charge in [0.05, 0.1) is 11.4 Å². The fourth-order valence-electron chi connectivity index (χ4n) is 6.88. The highest BCUT2D eigenvalue weighted by Crippen LogP contribution is 2.41. The van der Waals surface area contributed by atoms with E-state index in [2.05, 4.69) is 157 Å². The van der Waals surface area contributed by atoms with Gasteiger partial charge in [0.1, 0.15) is 5.52 Å². The van der Waals surface area contributed by atoms with E-state index in [9.17, 15) is 0 Å². The fourth-order valence-corrected chi connectivity index (χ4v) is 6.88. The summed E-state index contributed by atoms with van der Waals surface area (Å²) in [6.07, 6.45) is 0. The third kappa shape index (κ3) is 4.94. The zero-order valence-electron chi connectivity index (χ0n) is 26.4. The first-order valence-electron chi connectivity index (χ1n) is 16.2. The van der Waals surface area contributed by atoms with Crippen LogP contribution in [0.2, 0.25) is 0 Å². The molecule has 0 bridgehead atoms. The number of hydrogen-bond donors (Lipinski definition) is 0. The van der Waals surface area contributed by atoms with E-state index >= 15 is 0 Å². The van der Waals surface area contributed by atoms with Gasteiger partial charge in [0, 0.05) is 23.4 Å². The van der Waals surface area contributed by atoms with Crippen molar-refractivity contribution in [2.24, 2.45) is 0 Å². The van der Waals surface area contributed by atoms with Crippen molar-refractivity contribution in [1.29, 1.82) is 0 Å². The van der Waals surface area contributed by atoms with E-state index in [4.69, 9.17) is 9.40 Å². The summed E-state index contributed by atoms with van der Waals surface area (Å²) in [6.45, 7) is 1.88. The summed E-state index contributed by atoms with van der Waals surface area (Å²) in [5.41, 5.74) is 12.8. The molecule has 0 aliphatic rings. The van der Waals surface area contributed by atoms with Crippen LogP contribution in [-0.2, 0) is 0 Å². The van der Waals surface area contributed by atoms with E-state index in [-0.39, 0.29) is 0 Å². The van der Waals surface area contributed by atoms with Crippen LogP contribution in [0.3, 0.4) is 0 Å². The molecule has 0 saturated heterocycles. The maximum Gasteiger partial charge on any atom is 0.192 e. The minimum atomic E-state index is 0.676. The molecule has 0 radical (unpaired) electrons. The molecule has 2 heterocycles. The normalized spacial score (nSPS) is 11.4. The zero-order chi connectivity index (χ0) is 32.0. The number of oxazole rings is 1. The van der Waals surface area contributed by atoms with Crippen LogP contribution in [-0.4, -0.2) is 9.97 Å². The van der Waals surface area contributed by atoms with Crippen LogP contribution in [0.4, 0.5) is 0 Å². The minimum absolute atomic E-state index is 0.676. The van der Waals surface area contributed by atoms with E-state index in [1.165, 1.54) is 32.8 Å². The van der Waals surface area contributed by atoms with Gasteiger partial charge in [0.15, 0.2) is 11.5 Å². The van der Waals surface area contributed by atoms with Crippen molar-refractivity contribution < 1.29 is 4.42 Å². The molecule has 48 heavy (non-hydrogen) atoms. The number of pyridine rings is 1. The summed E-state index contributed by atoms with van der Waals surface area (Å²) in [4.78, 5) is 9.77. The first-order valence-corrected chi connectivity index (χ1v) is 16.2. The highest BCUT2D eigenvalue weighted by molar-refractivity contribution is 6.05. The lowest BCUT2D eigenvalue weighted by atomic mass is 9.88. The molecule has 7 aromatic carbocycles. The zero-order valence-corrected chi connectivity index (χ0v) is 26.4. The highest BCUT2D eigenvalue weighted by Gasteiger charge is 2.15. The maximum atomic E-state index is 5.73. The molecule has 9 rings (SSSR count). The number of rotatable bonds is 5. The van der Waals surface area contributed by atoms with E-state index < -0.39 is 0 Å². The van der Waals surface area contributed by atoms with Gasteiger partial charge in [-0.15, -0.1) is 0 Å². The Morgan fingerprint density at radius 2 is 1.10 bits per heavy atom. The average Bonchev–Trinajstić information content (AvgIpc) is 3.54. The molecular weight excluding hydrogens is 585 g/mol. The Kier molecular flexibility index (Phi) is 6.69. The number of aryl methyl sites for hydroxylation is 1. The van der Waals surface area contributed by atoms with Crippen LogP contribution < -0.4 is 0 Å². The molecule has 0 spiro atoms. The maximum absolute atomic E-state index is 5.73. The summed E-state index contributed by atoms with van der Waals surface area (Å²) in [5, 5.41) is 4.76. The highest BCUT2D eigenvalue weighted by atomic mass is 16.3. The van der Waals surface area contributed by atoms with Crippen LogP contribution in [0.25, 0.3) is 88.5 Å². The molecular formula is C45H30N2O. The Labute approximate surface area is 278 Å². The quantitative estimate of drug-likeness (QED) is 0.194. The molecule has 3 nitrogen and oxygen atoms in total. The first kappa shape index (κ1) is 27.9. The minimum Gasteiger partial charge on any atom is -0.441 e. The van der Waals surface area contributed by atoms with Gasteiger partial charge >= 0.3 is 0 Å². The molecule has 0 aliphatic heterocycles. The van der Waals surface area contributed by atoms with Gasteiger partial charge in [-0.3, -0.25) is 0 Å². The Hall–Kier alpha value is -6.32. The third-order valence-electron chi connectivity index (χ3n) is 9.19. The van der Waals surface area contributed by atoms with Crippen molar-refractivity contribution in [3.63, 3.8) is 0 Å². The van der Waals surface area contributed by atoms with Crippen molar-refractivity contribution in [2.75, 3.05) is 0 Å². The standard InChI is InChI=1S/C45H30N2O/c1-29-46-42-27-35(23-25-43(42)48-29)34-14-9-15-36(26-34)39-24-22-30-10-5-7-16-38(30)44(39)32-18-20-33(21-19-32)45-40-17-8-6-13-37(40)28-41(47-45)31-11-3-2-4-12-31/h2-28H,1H3. The Morgan fingerprint density at radius 1 is 0.438 bits per heavy atom. The summed E-state index contributed by atoms with van der Waals surface area (Å²) in [7, 11) is 0. The molecule has 2 aromatic heterocycles. The van der Waals surface area contributed by atoms with Crippen LogP contribution in [0.5, 0.6) is 0 Å². The molecule has 0 aliphatic carbocycles. The average molecular weight is 615 g/mol. The van der Waals surface area contributed by atoms with Crippen LogP contribution in [0.15, 0.2) is 168 Å². The van der Waals surface area contributed by atoms with Gasteiger partial charge in [-0.05, 0) is 73.8 Å². The fraction of sp³-hybridized carbons (Fsp3) is 0.0222. The molecule has 226 valence electrons. The van der Waals surface area contributed by atoms with Crippen LogP contribution >= 0.6 is 0 Å². The summed E-state index contributed by atoms with van der Waals surface area (Å²) in [5.74, 6) is 0.676. The third-order valence-corrected chi connectivity index (χ3v) is 9.19. The number of hydrogen-bond acceptors (Lipinski definition) is 3. The van der Waals surface area contributed by atoms with Gasteiger partial charge < -0.3 is 4.42 Å². The second-order valence-corrected chi connectivity index (χ2v) is 12.2. The number of fused-ring (bicyclic) bond motifs is 3. The smallest absolute Gasteiger partial charge is 0.192 e. The molecule has 0 amide bonds. The molecule has 0 fully saturated rings. The predicted molar refractivity (Wildman–Crippen MR) is 199 cm³/mol. The first-order chi connectivity index (χ1) is 23.7. The number of nitrogens with zero attached hydrogens (tertiary/aromatic N) is 2. The van der Waals surface area contributed by atoms with Crippen LogP contribution in [0, 0.1) is 6.92 Å². The van der Waals surface area contributed by atoms with Crippen molar-refractivity contribution >= 4 is 32.6 Å². The lowest BCUT2D eigenvalue weighted by Gasteiger charge is -2.16. The Balaban J connectivity index is 1.17. The molecule has 9 aromatic rings. The SMILES string of the molecule is Cc1nc2cc(-c3cccc(-c4ccc5ccccc5c4-c4ccc(-c5nc(-c6ccccc6)cc6ccccc56)cc4)c3)ccc2o1. The summed E-state index contributed by atoms with van der Waals surface area (Å²) >= 11 is 0. The van der Waals surface area contributed by atoms with Gasteiger partial charge in [-0.2, -0.15) is 0 Å². The van der Waals surface area contributed by atoms with Gasteiger partial charge in [0.2, 0.25) is 0 Å². The van der Waals surface area contributed by atoms with E-state index in [1.54, 1.807) is 0 Å². The van der Waals surface area contributed by atoms with Crippen LogP contribution in [0.1, 0.15) is 5.89 Å². The van der Waals surface area contributed by atoms with Gasteiger partial charge in [-0.25, -0.2) is 9.97 Å². The molecule has 3 heteroatoms. The summed E-state index contributed by atoms with van der Waals surface area (Å²) in [6, 6.07) is 58.2. The molecule has 0 saturated carbocycles. The number of aromatic nitrogens is 2. The van der Waals surface area contributed by atoms with E-state index in [0.29, 0.717) is 5.89 Å². The largest absolute Gasteiger partial charge is 0.441 e. The second-order valence-electron chi connectivity index (χ2n) is 12.2. The lowest BCUT2D eigenvalue weighted by molar-refractivity contribution is 0.561. The van der Waals surface area contributed by atoms with Crippen molar-refractivity contribution in [3.05, 3.63) is 170 Å². The second kappa shape index (κ2) is 11.5. The van der Waals surface area contributed by atoms with E-state index in [0.717, 1.165) is 55.7 Å². The summed E-state index contributed by atoms with van der Waals surface area (Å²) < 4.78 is 5.73. The van der Waals surface area contributed by atoms with Crippen molar-refractivity contribution in [2.45, 2.75) is 6.92 Å². The molecule has 0 N–H and O–H groups in total.